The van der Waals surface area contributed by atoms with Crippen LogP contribution in [0.15, 0.2) is 0 Å². The van der Waals surface area contributed by atoms with Crippen molar-refractivity contribution in [2.24, 2.45) is 0 Å². The maximum Gasteiger partial charge on any atom is 2.00 e. The van der Waals surface area contributed by atoms with E-state index in [9.17, 15) is 19.8 Å². The van der Waals surface area contributed by atoms with Crippen molar-refractivity contribution < 1.29 is 40.2 Å². The van der Waals surface area contributed by atoms with Gasteiger partial charge in [0.2, 0.25) is 0 Å². The fourth-order valence-corrected chi connectivity index (χ4v) is 1.77. The molecule has 0 unspecified atom stereocenters. The quantitative estimate of drug-likeness (QED) is 0.539. The molecule has 0 amide bonds. The van der Waals surface area contributed by atoms with Crippen molar-refractivity contribution in [3.8, 4) is 0 Å². The molecule has 0 spiro atoms. The average molecular weight is 351 g/mol. The van der Waals surface area contributed by atoms with E-state index in [0.29, 0.717) is 0 Å². The minimum atomic E-state index is -0.970. The molecule has 2 heterocycles. The fraction of sp³-hybridized carbons (Fsp3) is 0.818. The summed E-state index contributed by atoms with van der Waals surface area (Å²) >= 11 is 0. The molecule has 0 saturated carbocycles. The number of hydrogen-bond donors (Lipinski definition) is 2. The summed E-state index contributed by atoms with van der Waals surface area (Å²) in [5.41, 5.74) is 0. The normalized spacial score (nSPS) is 25.1. The molecule has 108 valence electrons. The smallest absolute Gasteiger partial charge is 0.548 e. The van der Waals surface area contributed by atoms with Crippen LogP contribution in [0.2, 0.25) is 0 Å². The van der Waals surface area contributed by atoms with Gasteiger partial charge in [-0.05, 0) is 38.8 Å². The summed E-state index contributed by atoms with van der Waals surface area (Å²) in [6.45, 7) is 1.64. The van der Waals surface area contributed by atoms with E-state index >= 15 is 0 Å². The van der Waals surface area contributed by atoms with Gasteiger partial charge in [0.25, 0.3) is 0 Å². The van der Waals surface area contributed by atoms with Gasteiger partial charge in [0.1, 0.15) is 0 Å². The predicted octanol–water partition coefficient (Wildman–Crippen LogP) is -2.39. The van der Waals surface area contributed by atoms with E-state index in [4.69, 9.17) is 0 Å². The first-order valence-electron chi connectivity index (χ1n) is 5.49. The van der Waals surface area contributed by atoms with Crippen molar-refractivity contribution in [3.05, 3.63) is 0 Å². The molecule has 2 saturated heterocycles. The monoisotopic (exact) mass is 350 g/mol. The second-order valence-corrected chi connectivity index (χ2v) is 3.94. The summed E-state index contributed by atoms with van der Waals surface area (Å²) in [6.07, 6.45) is 3.36. The summed E-state index contributed by atoms with van der Waals surface area (Å²) in [5, 5.41) is 25.6. The van der Waals surface area contributed by atoms with Gasteiger partial charge in [0.05, 0.1) is 11.9 Å². The predicted molar refractivity (Wildman–Crippen MR) is 58.8 cm³/mol. The van der Waals surface area contributed by atoms with E-state index in [1.165, 1.54) is 0 Å². The third-order valence-electron chi connectivity index (χ3n) is 2.69. The molecule has 2 N–H and O–H groups in total. The molecule has 0 bridgehead atoms. The Morgan fingerprint density at radius 3 is 1.33 bits per heavy atom. The molecule has 0 aromatic heterocycles. The Bertz CT molecular complexity index is 225. The van der Waals surface area contributed by atoms with Gasteiger partial charge < -0.3 is 30.4 Å². The minimum Gasteiger partial charge on any atom is -0.548 e. The van der Waals surface area contributed by atoms with E-state index in [2.05, 4.69) is 10.6 Å². The summed E-state index contributed by atoms with van der Waals surface area (Å²) in [6, 6.07) is -0.759. The van der Waals surface area contributed by atoms with Gasteiger partial charge in [-0.25, -0.2) is 0 Å². The van der Waals surface area contributed by atoms with Crippen molar-refractivity contribution in [2.75, 3.05) is 13.1 Å². The zero-order chi connectivity index (χ0) is 12.0. The van der Waals surface area contributed by atoms with Crippen LogP contribution in [0.4, 0.5) is 0 Å². The first kappa shape index (κ1) is 19.9. The molecular weight excluding hydrogens is 331 g/mol. The minimum absolute atomic E-state index is 0. The number of carboxylic acid groups (broad SMARTS) is 2. The third-order valence-corrected chi connectivity index (χ3v) is 2.69. The number of carbonyl (C=O) groups excluding carboxylic acids is 2. The van der Waals surface area contributed by atoms with E-state index in [0.717, 1.165) is 38.8 Å². The number of aliphatic carboxylic acids is 2. The molecule has 6 nitrogen and oxygen atoms in total. The van der Waals surface area contributed by atoms with Crippen molar-refractivity contribution in [1.29, 1.82) is 0 Å². The summed E-state index contributed by atoms with van der Waals surface area (Å²) in [4.78, 5) is 20.1. The number of carbonyl (C=O) groups is 2. The topological polar surface area (TPSA) is 104 Å². The number of hydrogen-bond acceptors (Lipinski definition) is 6. The first-order chi connectivity index (χ1) is 7.61. The van der Waals surface area contributed by atoms with Gasteiger partial charge in [-0.1, -0.05) is 7.43 Å². The van der Waals surface area contributed by atoms with Gasteiger partial charge in [-0.3, -0.25) is 0 Å². The van der Waals surface area contributed by atoms with Gasteiger partial charge in [-0.15, -0.1) is 0 Å². The SMILES string of the molecule is C.O=C([O-])[C@@H]1CCCN1.O=C([O-])[C@@H]1CCCN1.[Pd+2]. The van der Waals surface area contributed by atoms with E-state index < -0.39 is 11.9 Å². The van der Waals surface area contributed by atoms with Gasteiger partial charge in [0, 0.05) is 12.1 Å². The molecule has 2 atom stereocenters. The van der Waals surface area contributed by atoms with Crippen molar-refractivity contribution in [1.82, 2.24) is 10.6 Å². The summed E-state index contributed by atoms with van der Waals surface area (Å²) in [5.74, 6) is -1.94. The summed E-state index contributed by atoms with van der Waals surface area (Å²) < 4.78 is 0. The molecule has 7 heteroatoms. The Morgan fingerprint density at radius 2 is 1.22 bits per heavy atom. The molecule has 2 aliphatic heterocycles. The maximum atomic E-state index is 10.0. The Balaban J connectivity index is 0. The first-order valence-corrected chi connectivity index (χ1v) is 5.49. The van der Waals surface area contributed by atoms with Crippen LogP contribution in [0.3, 0.4) is 0 Å². The van der Waals surface area contributed by atoms with Crippen LogP contribution >= 0.6 is 0 Å². The molecule has 0 radical (unpaired) electrons. The Hall–Kier alpha value is -0.478. The molecule has 0 aliphatic carbocycles. The van der Waals surface area contributed by atoms with Crippen LogP contribution < -0.4 is 20.8 Å². The molecule has 18 heavy (non-hydrogen) atoms. The molecule has 2 fully saturated rings. The van der Waals surface area contributed by atoms with Crippen LogP contribution in [0.1, 0.15) is 33.1 Å². The molecule has 2 aliphatic rings. The zero-order valence-electron chi connectivity index (χ0n) is 9.35. The van der Waals surface area contributed by atoms with E-state index in [-0.39, 0.29) is 39.9 Å². The maximum absolute atomic E-state index is 10.0. The zero-order valence-corrected chi connectivity index (χ0v) is 10.9. The second-order valence-electron chi connectivity index (χ2n) is 3.94. The fourth-order valence-electron chi connectivity index (χ4n) is 1.77. The Morgan fingerprint density at radius 1 is 0.889 bits per heavy atom. The van der Waals surface area contributed by atoms with Gasteiger partial charge >= 0.3 is 20.4 Å². The van der Waals surface area contributed by atoms with Crippen molar-refractivity contribution in [3.63, 3.8) is 0 Å². The summed E-state index contributed by atoms with van der Waals surface area (Å²) in [7, 11) is 0. The van der Waals surface area contributed by atoms with Crippen molar-refractivity contribution in [2.45, 2.75) is 45.2 Å². The molecule has 0 aromatic carbocycles. The molecule has 2 rings (SSSR count). The number of nitrogens with one attached hydrogen (secondary N) is 2. The van der Waals surface area contributed by atoms with Crippen LogP contribution in [-0.4, -0.2) is 37.1 Å². The van der Waals surface area contributed by atoms with Gasteiger partial charge in [-0.2, -0.15) is 0 Å². The van der Waals surface area contributed by atoms with Gasteiger partial charge in [0.15, 0.2) is 0 Å². The van der Waals surface area contributed by atoms with Crippen LogP contribution in [-0.2, 0) is 30.0 Å². The molecule has 0 aromatic rings. The largest absolute Gasteiger partial charge is 2.00 e. The van der Waals surface area contributed by atoms with Crippen LogP contribution in [0, 0.1) is 0 Å². The van der Waals surface area contributed by atoms with Crippen LogP contribution in [0.25, 0.3) is 0 Å². The third kappa shape index (κ3) is 7.07. The number of carboxylic acids is 2. The van der Waals surface area contributed by atoms with E-state index in [1.54, 1.807) is 0 Å². The standard InChI is InChI=1S/2C5H9NO2.CH4.Pd/c2*7-5(8)4-2-1-3-6-4;;/h2*4,6H,1-3H2,(H,7,8);1H4;/q;;;+2/p-2/t2*4-;;/m00../s1. The van der Waals surface area contributed by atoms with E-state index in [1.807, 2.05) is 0 Å². The average Bonchev–Trinajstić information content (AvgIpc) is 2.93. The van der Waals surface area contributed by atoms with Crippen LogP contribution in [0.5, 0.6) is 0 Å². The molecular formula is C11H20N2O4Pd. The van der Waals surface area contributed by atoms with Crippen molar-refractivity contribution >= 4 is 11.9 Å². The second kappa shape index (κ2) is 10.4. The Labute approximate surface area is 121 Å². The number of rotatable bonds is 2. The Kier molecular flexibility index (Phi) is 11.5.